The van der Waals surface area contributed by atoms with Crippen molar-refractivity contribution in [2.24, 2.45) is 0 Å². The van der Waals surface area contributed by atoms with E-state index in [0.717, 1.165) is 12.8 Å². The number of halogens is 1. The molecule has 20 heavy (non-hydrogen) atoms. The fourth-order valence-electron chi connectivity index (χ4n) is 2.37. The predicted molar refractivity (Wildman–Crippen MR) is 75.9 cm³/mol. The molecule has 1 aliphatic heterocycles. The largest absolute Gasteiger partial charge is 0.507 e. The quantitative estimate of drug-likeness (QED) is 0.874. The van der Waals surface area contributed by atoms with Gasteiger partial charge >= 0.3 is 0 Å². The van der Waals surface area contributed by atoms with Crippen LogP contribution < -0.4 is 5.32 Å². The Morgan fingerprint density at radius 2 is 2.00 bits per heavy atom. The van der Waals surface area contributed by atoms with Gasteiger partial charge in [-0.15, -0.1) is 0 Å². The van der Waals surface area contributed by atoms with Gasteiger partial charge in [0.25, 0.3) is 5.91 Å². The Balaban J connectivity index is 1.99. The Morgan fingerprint density at radius 3 is 2.55 bits per heavy atom. The number of carbonyl (C=O) groups is 2. The standard InChI is InChI=1S/C14H17ClN2O3/c1-9(18)16-11-4-6-17(7-5-11)14(20)12-3-2-10(15)8-13(12)19/h2-3,8,11,19H,4-7H2,1H3,(H,16,18). The molecule has 1 aromatic rings. The molecule has 6 heteroatoms. The van der Waals surface area contributed by atoms with Gasteiger partial charge in [-0.05, 0) is 31.0 Å². The van der Waals surface area contributed by atoms with E-state index < -0.39 is 0 Å². The van der Waals surface area contributed by atoms with Crippen LogP contribution in [-0.4, -0.2) is 41.0 Å². The van der Waals surface area contributed by atoms with Gasteiger partial charge in [-0.2, -0.15) is 0 Å². The first-order valence-corrected chi connectivity index (χ1v) is 6.90. The number of hydrogen-bond donors (Lipinski definition) is 2. The average Bonchev–Trinajstić information content (AvgIpc) is 2.38. The van der Waals surface area contributed by atoms with Crippen molar-refractivity contribution >= 4 is 23.4 Å². The molecule has 0 saturated carbocycles. The molecule has 0 radical (unpaired) electrons. The highest BCUT2D eigenvalue weighted by atomic mass is 35.5. The second-order valence-corrected chi connectivity index (χ2v) is 5.36. The van der Waals surface area contributed by atoms with E-state index in [1.54, 1.807) is 11.0 Å². The number of piperidine rings is 1. The van der Waals surface area contributed by atoms with E-state index in [9.17, 15) is 14.7 Å². The monoisotopic (exact) mass is 296 g/mol. The molecule has 0 atom stereocenters. The first kappa shape index (κ1) is 14.7. The lowest BCUT2D eigenvalue weighted by atomic mass is 10.0. The molecule has 0 spiro atoms. The van der Waals surface area contributed by atoms with E-state index >= 15 is 0 Å². The van der Waals surface area contributed by atoms with Crippen molar-refractivity contribution in [3.05, 3.63) is 28.8 Å². The fraction of sp³-hybridized carbons (Fsp3) is 0.429. The molecule has 5 nitrogen and oxygen atoms in total. The van der Waals surface area contributed by atoms with Gasteiger partial charge in [-0.3, -0.25) is 9.59 Å². The van der Waals surface area contributed by atoms with E-state index in [4.69, 9.17) is 11.6 Å². The van der Waals surface area contributed by atoms with Crippen LogP contribution >= 0.6 is 11.6 Å². The van der Waals surface area contributed by atoms with Crippen LogP contribution in [0.1, 0.15) is 30.1 Å². The maximum atomic E-state index is 12.3. The number of nitrogens with one attached hydrogen (secondary N) is 1. The number of amides is 2. The molecular weight excluding hydrogens is 280 g/mol. The Kier molecular flexibility index (Phi) is 4.49. The molecule has 1 saturated heterocycles. The summed E-state index contributed by atoms with van der Waals surface area (Å²) in [5.74, 6) is -0.364. The molecule has 108 valence electrons. The number of phenolic OH excluding ortho intramolecular Hbond substituents is 1. The van der Waals surface area contributed by atoms with Gasteiger partial charge in [0.15, 0.2) is 0 Å². The third kappa shape index (κ3) is 3.42. The van der Waals surface area contributed by atoms with Gasteiger partial charge in [0.1, 0.15) is 5.75 Å². The zero-order valence-electron chi connectivity index (χ0n) is 11.2. The second kappa shape index (κ2) is 6.13. The van der Waals surface area contributed by atoms with Crippen LogP contribution in [0, 0.1) is 0 Å². The Bertz CT molecular complexity index is 525. The molecule has 1 aromatic carbocycles. The van der Waals surface area contributed by atoms with E-state index in [0.29, 0.717) is 18.1 Å². The molecule has 2 rings (SSSR count). The van der Waals surface area contributed by atoms with Crippen molar-refractivity contribution in [1.82, 2.24) is 10.2 Å². The number of nitrogens with zero attached hydrogens (tertiary/aromatic N) is 1. The van der Waals surface area contributed by atoms with Crippen LogP contribution in [0.15, 0.2) is 18.2 Å². The minimum absolute atomic E-state index is 0.0508. The number of phenols is 1. The highest BCUT2D eigenvalue weighted by Gasteiger charge is 2.25. The van der Waals surface area contributed by atoms with Gasteiger partial charge in [0.05, 0.1) is 5.56 Å². The van der Waals surface area contributed by atoms with Crippen molar-refractivity contribution in [2.45, 2.75) is 25.8 Å². The SMILES string of the molecule is CC(=O)NC1CCN(C(=O)c2ccc(Cl)cc2O)CC1. The van der Waals surface area contributed by atoms with Crippen LogP contribution in [0.25, 0.3) is 0 Å². The van der Waals surface area contributed by atoms with Crippen LogP contribution in [0.2, 0.25) is 5.02 Å². The first-order valence-electron chi connectivity index (χ1n) is 6.52. The van der Waals surface area contributed by atoms with Gasteiger partial charge in [-0.1, -0.05) is 11.6 Å². The van der Waals surface area contributed by atoms with Crippen molar-refractivity contribution in [3.63, 3.8) is 0 Å². The molecule has 0 bridgehead atoms. The maximum Gasteiger partial charge on any atom is 0.257 e. The normalized spacial score (nSPS) is 16.0. The second-order valence-electron chi connectivity index (χ2n) is 4.93. The summed E-state index contributed by atoms with van der Waals surface area (Å²) in [4.78, 5) is 25.0. The molecule has 1 fully saturated rings. The topological polar surface area (TPSA) is 69.6 Å². The van der Waals surface area contributed by atoms with Crippen molar-refractivity contribution < 1.29 is 14.7 Å². The van der Waals surface area contributed by atoms with Gasteiger partial charge in [0.2, 0.25) is 5.91 Å². The summed E-state index contributed by atoms with van der Waals surface area (Å²) in [7, 11) is 0. The Hall–Kier alpha value is -1.75. The van der Waals surface area contributed by atoms with E-state index in [2.05, 4.69) is 5.32 Å². The van der Waals surface area contributed by atoms with Crippen LogP contribution in [-0.2, 0) is 4.79 Å². The fourth-order valence-corrected chi connectivity index (χ4v) is 2.54. The zero-order chi connectivity index (χ0) is 14.7. The summed E-state index contributed by atoms with van der Waals surface area (Å²) in [6, 6.07) is 4.59. The lowest BCUT2D eigenvalue weighted by Gasteiger charge is -2.32. The van der Waals surface area contributed by atoms with Gasteiger partial charge in [0, 0.05) is 31.1 Å². The number of hydrogen-bond acceptors (Lipinski definition) is 3. The van der Waals surface area contributed by atoms with Gasteiger partial charge in [-0.25, -0.2) is 0 Å². The van der Waals surface area contributed by atoms with E-state index in [1.165, 1.54) is 19.1 Å². The predicted octanol–water partition coefficient (Wildman–Crippen LogP) is 1.79. The molecule has 0 unspecified atom stereocenters. The lowest BCUT2D eigenvalue weighted by Crippen LogP contribution is -2.46. The van der Waals surface area contributed by atoms with Crippen LogP contribution in [0.5, 0.6) is 5.75 Å². The summed E-state index contributed by atoms with van der Waals surface area (Å²) in [6.07, 6.45) is 1.44. The first-order chi connectivity index (χ1) is 9.47. The van der Waals surface area contributed by atoms with Crippen LogP contribution in [0.3, 0.4) is 0 Å². The summed E-state index contributed by atoms with van der Waals surface area (Å²) in [5.41, 5.74) is 0.257. The molecular formula is C14H17ClN2O3. The highest BCUT2D eigenvalue weighted by molar-refractivity contribution is 6.30. The van der Waals surface area contributed by atoms with Crippen LogP contribution in [0.4, 0.5) is 0 Å². The summed E-state index contributed by atoms with van der Waals surface area (Å²) in [6.45, 7) is 2.61. The molecule has 2 amide bonds. The number of aromatic hydroxyl groups is 1. The van der Waals surface area contributed by atoms with Crippen molar-refractivity contribution in [1.29, 1.82) is 0 Å². The minimum atomic E-state index is -0.208. The Morgan fingerprint density at radius 1 is 1.35 bits per heavy atom. The average molecular weight is 297 g/mol. The molecule has 2 N–H and O–H groups in total. The zero-order valence-corrected chi connectivity index (χ0v) is 12.0. The smallest absolute Gasteiger partial charge is 0.257 e. The Labute approximate surface area is 122 Å². The third-order valence-electron chi connectivity index (χ3n) is 3.38. The van der Waals surface area contributed by atoms with E-state index in [-0.39, 0.29) is 29.2 Å². The molecule has 0 aliphatic carbocycles. The number of likely N-dealkylation sites (tertiary alicyclic amines) is 1. The summed E-state index contributed by atoms with van der Waals surface area (Å²) >= 11 is 5.75. The minimum Gasteiger partial charge on any atom is -0.507 e. The summed E-state index contributed by atoms with van der Waals surface area (Å²) < 4.78 is 0. The third-order valence-corrected chi connectivity index (χ3v) is 3.61. The summed E-state index contributed by atoms with van der Waals surface area (Å²) in [5, 5.41) is 13.0. The molecule has 0 aromatic heterocycles. The maximum absolute atomic E-state index is 12.3. The van der Waals surface area contributed by atoms with E-state index in [1.807, 2.05) is 0 Å². The van der Waals surface area contributed by atoms with Gasteiger partial charge < -0.3 is 15.3 Å². The molecule has 1 heterocycles. The highest BCUT2D eigenvalue weighted by Crippen LogP contribution is 2.24. The number of benzene rings is 1. The number of rotatable bonds is 2. The number of carbonyl (C=O) groups excluding carboxylic acids is 2. The van der Waals surface area contributed by atoms with Crippen molar-refractivity contribution in [3.8, 4) is 5.75 Å². The lowest BCUT2D eigenvalue weighted by molar-refractivity contribution is -0.119. The molecule has 1 aliphatic rings. The van der Waals surface area contributed by atoms with Crippen molar-refractivity contribution in [2.75, 3.05) is 13.1 Å².